The monoisotopic (exact) mass is 198 g/mol. The van der Waals surface area contributed by atoms with Crippen molar-refractivity contribution in [3.8, 4) is 0 Å². The van der Waals surface area contributed by atoms with Crippen LogP contribution in [0.2, 0.25) is 0 Å². The van der Waals surface area contributed by atoms with E-state index in [1.807, 2.05) is 0 Å². The topological polar surface area (TPSA) is 58.6 Å². The molecule has 2 fully saturated rings. The van der Waals surface area contributed by atoms with Crippen LogP contribution >= 0.6 is 0 Å². The molecule has 0 spiro atoms. The van der Waals surface area contributed by atoms with Crippen LogP contribution < -0.4 is 5.32 Å². The first-order valence-corrected chi connectivity index (χ1v) is 4.89. The molecule has 5 nitrogen and oxygen atoms in total. The number of amides is 1. The van der Waals surface area contributed by atoms with Crippen LogP contribution in [-0.2, 0) is 14.3 Å². The smallest absolute Gasteiger partial charge is 0.287 e. The van der Waals surface area contributed by atoms with Crippen LogP contribution in [-0.4, -0.2) is 56.0 Å². The Morgan fingerprint density at radius 2 is 2.07 bits per heavy atom. The highest BCUT2D eigenvalue weighted by atomic mass is 16.5. The molecule has 1 unspecified atom stereocenters. The number of nitrogens with one attached hydrogen (secondary N) is 1. The quantitative estimate of drug-likeness (QED) is 0.556. The molecule has 0 radical (unpaired) electrons. The maximum absolute atomic E-state index is 11.3. The lowest BCUT2D eigenvalue weighted by molar-refractivity contribution is -0.136. The van der Waals surface area contributed by atoms with Crippen LogP contribution in [0, 0.1) is 5.92 Å². The second-order valence-electron chi connectivity index (χ2n) is 3.68. The highest BCUT2D eigenvalue weighted by Crippen LogP contribution is 2.08. The summed E-state index contributed by atoms with van der Waals surface area (Å²) in [4.78, 5) is 24.4. The van der Waals surface area contributed by atoms with Crippen molar-refractivity contribution >= 4 is 11.7 Å². The molecule has 5 heteroatoms. The van der Waals surface area contributed by atoms with E-state index in [0.29, 0.717) is 13.1 Å². The third-order valence-corrected chi connectivity index (χ3v) is 2.69. The first-order valence-electron chi connectivity index (χ1n) is 4.89. The zero-order valence-corrected chi connectivity index (χ0v) is 7.99. The lowest BCUT2D eigenvalue weighted by atomic mass is 10.1. The zero-order valence-electron chi connectivity index (χ0n) is 7.99. The molecule has 2 saturated heterocycles. The first-order chi connectivity index (χ1) is 6.77. The van der Waals surface area contributed by atoms with Gasteiger partial charge in [0.15, 0.2) is 0 Å². The third-order valence-electron chi connectivity index (χ3n) is 2.69. The van der Waals surface area contributed by atoms with Crippen molar-refractivity contribution in [2.24, 2.45) is 5.92 Å². The summed E-state index contributed by atoms with van der Waals surface area (Å²) in [5.41, 5.74) is 0. The predicted molar refractivity (Wildman–Crippen MR) is 48.8 cm³/mol. The van der Waals surface area contributed by atoms with Crippen LogP contribution in [0.25, 0.3) is 0 Å². The average molecular weight is 198 g/mol. The Morgan fingerprint density at radius 1 is 1.36 bits per heavy atom. The van der Waals surface area contributed by atoms with Gasteiger partial charge in [-0.05, 0) is 0 Å². The molecule has 0 aromatic heterocycles. The van der Waals surface area contributed by atoms with Gasteiger partial charge in [-0.1, -0.05) is 0 Å². The summed E-state index contributed by atoms with van der Waals surface area (Å²) in [6.07, 6.45) is 0. The van der Waals surface area contributed by atoms with Crippen molar-refractivity contribution in [1.82, 2.24) is 10.2 Å². The molecule has 2 aliphatic heterocycles. The summed E-state index contributed by atoms with van der Waals surface area (Å²) in [7, 11) is 0. The molecule has 1 amide bonds. The molecule has 1 N–H and O–H groups in total. The van der Waals surface area contributed by atoms with E-state index in [-0.39, 0.29) is 11.7 Å². The number of ketones is 1. The summed E-state index contributed by atoms with van der Waals surface area (Å²) < 4.78 is 5.20. The number of nitrogens with zero attached hydrogens (tertiary/aromatic N) is 1. The minimum absolute atomic E-state index is 0.152. The molecule has 0 aromatic carbocycles. The van der Waals surface area contributed by atoms with E-state index in [1.54, 1.807) is 0 Å². The van der Waals surface area contributed by atoms with Crippen LogP contribution in [0.15, 0.2) is 0 Å². The van der Waals surface area contributed by atoms with Gasteiger partial charge in [0.05, 0.1) is 19.1 Å². The summed E-state index contributed by atoms with van der Waals surface area (Å²) in [6, 6.07) is 0. The van der Waals surface area contributed by atoms with Gasteiger partial charge in [-0.25, -0.2) is 0 Å². The van der Waals surface area contributed by atoms with Crippen molar-refractivity contribution < 1.29 is 14.3 Å². The maximum Gasteiger partial charge on any atom is 0.287 e. The van der Waals surface area contributed by atoms with E-state index < -0.39 is 5.91 Å². The Labute approximate surface area is 82.4 Å². The standard InChI is InChI=1S/C9H14N2O3/c12-8-7(5-10-9(8)13)6-11-1-3-14-4-2-11/h7H,1-6H2,(H,10,13). The highest BCUT2D eigenvalue weighted by Gasteiger charge is 2.33. The van der Waals surface area contributed by atoms with Crippen molar-refractivity contribution in [2.75, 3.05) is 39.4 Å². The number of morpholine rings is 1. The molecule has 2 rings (SSSR count). The van der Waals surface area contributed by atoms with Crippen LogP contribution in [0.5, 0.6) is 0 Å². The number of ether oxygens (including phenoxy) is 1. The fourth-order valence-corrected chi connectivity index (χ4v) is 1.82. The number of rotatable bonds is 2. The molecular formula is C9H14N2O3. The van der Waals surface area contributed by atoms with Gasteiger partial charge in [-0.15, -0.1) is 0 Å². The molecule has 0 aromatic rings. The third kappa shape index (κ3) is 1.93. The normalized spacial score (nSPS) is 29.3. The summed E-state index contributed by atoms with van der Waals surface area (Å²) in [6.45, 7) is 4.34. The van der Waals surface area contributed by atoms with Gasteiger partial charge >= 0.3 is 0 Å². The highest BCUT2D eigenvalue weighted by molar-refractivity contribution is 6.38. The lowest BCUT2D eigenvalue weighted by Crippen LogP contribution is -2.41. The Morgan fingerprint density at radius 3 is 2.64 bits per heavy atom. The second kappa shape index (κ2) is 4.06. The largest absolute Gasteiger partial charge is 0.379 e. The fourth-order valence-electron chi connectivity index (χ4n) is 1.82. The number of hydrogen-bond acceptors (Lipinski definition) is 4. The maximum atomic E-state index is 11.3. The van der Waals surface area contributed by atoms with E-state index in [9.17, 15) is 9.59 Å². The van der Waals surface area contributed by atoms with Gasteiger partial charge in [0.1, 0.15) is 0 Å². The van der Waals surface area contributed by atoms with Gasteiger partial charge in [0.2, 0.25) is 5.78 Å². The van der Waals surface area contributed by atoms with E-state index in [0.717, 1.165) is 26.3 Å². The minimum atomic E-state index is -0.428. The Hall–Kier alpha value is -0.940. The van der Waals surface area contributed by atoms with E-state index in [1.165, 1.54) is 0 Å². The van der Waals surface area contributed by atoms with Crippen molar-refractivity contribution in [2.45, 2.75) is 0 Å². The van der Waals surface area contributed by atoms with Gasteiger partial charge in [0, 0.05) is 26.2 Å². The minimum Gasteiger partial charge on any atom is -0.379 e. The molecule has 2 aliphatic rings. The summed E-state index contributed by atoms with van der Waals surface area (Å²) in [5.74, 6) is -0.847. The molecule has 1 atom stereocenters. The van der Waals surface area contributed by atoms with Crippen LogP contribution in [0.3, 0.4) is 0 Å². The van der Waals surface area contributed by atoms with Gasteiger partial charge in [0.25, 0.3) is 5.91 Å². The van der Waals surface area contributed by atoms with Gasteiger partial charge in [-0.2, -0.15) is 0 Å². The number of carbonyl (C=O) groups is 2. The molecule has 0 bridgehead atoms. The molecule has 78 valence electrons. The van der Waals surface area contributed by atoms with Gasteiger partial charge < -0.3 is 10.1 Å². The van der Waals surface area contributed by atoms with Crippen molar-refractivity contribution in [3.63, 3.8) is 0 Å². The average Bonchev–Trinajstić information content (AvgIpc) is 2.52. The van der Waals surface area contributed by atoms with Crippen molar-refractivity contribution in [3.05, 3.63) is 0 Å². The van der Waals surface area contributed by atoms with E-state index in [4.69, 9.17) is 4.74 Å². The summed E-state index contributed by atoms with van der Waals surface area (Å²) >= 11 is 0. The SMILES string of the molecule is O=C1NCC(CN2CCOCC2)C1=O. The first kappa shape index (κ1) is 9.61. The fraction of sp³-hybridized carbons (Fsp3) is 0.778. The molecule has 2 heterocycles. The number of hydrogen-bond donors (Lipinski definition) is 1. The molecule has 14 heavy (non-hydrogen) atoms. The number of Topliss-reactive ketones (excluding diaryl/α,β-unsaturated/α-hetero) is 1. The van der Waals surface area contributed by atoms with Crippen molar-refractivity contribution in [1.29, 1.82) is 0 Å². The molecule has 0 aliphatic carbocycles. The Bertz CT molecular complexity index is 248. The van der Waals surface area contributed by atoms with Crippen LogP contribution in [0.1, 0.15) is 0 Å². The number of carbonyl (C=O) groups excluding carboxylic acids is 2. The van der Waals surface area contributed by atoms with Gasteiger partial charge in [-0.3, -0.25) is 14.5 Å². The molecule has 0 saturated carbocycles. The summed E-state index contributed by atoms with van der Waals surface area (Å²) in [5, 5.41) is 2.56. The molecular weight excluding hydrogens is 184 g/mol. The zero-order chi connectivity index (χ0) is 9.97. The lowest BCUT2D eigenvalue weighted by Gasteiger charge is -2.27. The van der Waals surface area contributed by atoms with E-state index >= 15 is 0 Å². The second-order valence-corrected chi connectivity index (χ2v) is 3.68. The Balaban J connectivity index is 1.85. The van der Waals surface area contributed by atoms with Crippen LogP contribution in [0.4, 0.5) is 0 Å². The van der Waals surface area contributed by atoms with E-state index in [2.05, 4.69) is 10.2 Å². The Kier molecular flexibility index (Phi) is 2.79. The predicted octanol–water partition coefficient (Wildman–Crippen LogP) is -1.37.